The smallest absolute Gasteiger partial charge is 0.123 e. The second-order valence-corrected chi connectivity index (χ2v) is 4.48. The summed E-state index contributed by atoms with van der Waals surface area (Å²) < 4.78 is 0. The lowest BCUT2D eigenvalue weighted by atomic mass is 9.77. The van der Waals surface area contributed by atoms with Gasteiger partial charge in [0.15, 0.2) is 0 Å². The monoisotopic (exact) mass is 164 g/mol. The maximum Gasteiger partial charge on any atom is 0.123 e. The van der Waals surface area contributed by atoms with E-state index >= 15 is 0 Å². The molecule has 0 aromatic carbocycles. The summed E-state index contributed by atoms with van der Waals surface area (Å²) in [5.41, 5.74) is 0. The zero-order chi connectivity index (χ0) is 8.72. The fourth-order valence-electron chi connectivity index (χ4n) is 3.03. The Labute approximate surface area is 73.8 Å². The van der Waals surface area contributed by atoms with Crippen LogP contribution in [0.5, 0.6) is 0 Å². The van der Waals surface area contributed by atoms with Gasteiger partial charge in [-0.2, -0.15) is 0 Å². The van der Waals surface area contributed by atoms with Crippen molar-refractivity contribution in [3.63, 3.8) is 0 Å². The van der Waals surface area contributed by atoms with Crippen LogP contribution in [-0.2, 0) is 4.79 Å². The predicted octanol–water partition coefficient (Wildman–Crippen LogP) is 2.28. The first-order valence-electron chi connectivity index (χ1n) is 4.87. The standard InChI is InChI=1S/C11H16O/c1-7(2)11-9-4-3-8(5-9)10(11)6-12/h3-4,6-11H,5H2,1-2H3/t8-,9+,10-,11-/m0/s1. The van der Waals surface area contributed by atoms with E-state index in [2.05, 4.69) is 26.0 Å². The SMILES string of the molecule is CC(C)[C@@H]1[C@@H](C=O)[C@H]2C=C[C@@H]1C2. The summed E-state index contributed by atoms with van der Waals surface area (Å²) in [7, 11) is 0. The minimum absolute atomic E-state index is 0.319. The zero-order valence-electron chi connectivity index (χ0n) is 7.73. The normalized spacial score (nSPS) is 44.2. The first-order chi connectivity index (χ1) is 5.74. The molecule has 2 bridgehead atoms. The van der Waals surface area contributed by atoms with E-state index in [1.54, 1.807) is 0 Å². The third-order valence-electron chi connectivity index (χ3n) is 3.51. The minimum atomic E-state index is 0.319. The average Bonchev–Trinajstić information content (AvgIpc) is 2.60. The second kappa shape index (κ2) is 2.72. The molecule has 0 amide bonds. The van der Waals surface area contributed by atoms with Crippen molar-refractivity contribution in [2.75, 3.05) is 0 Å². The molecule has 0 N–H and O–H groups in total. The van der Waals surface area contributed by atoms with E-state index in [4.69, 9.17) is 0 Å². The third kappa shape index (κ3) is 0.954. The molecule has 1 saturated carbocycles. The van der Waals surface area contributed by atoms with Crippen molar-refractivity contribution in [3.8, 4) is 0 Å². The van der Waals surface area contributed by atoms with Gasteiger partial charge in [-0.3, -0.25) is 0 Å². The van der Waals surface area contributed by atoms with E-state index < -0.39 is 0 Å². The molecule has 2 aliphatic carbocycles. The Morgan fingerprint density at radius 2 is 2.00 bits per heavy atom. The lowest BCUT2D eigenvalue weighted by Gasteiger charge is -2.27. The summed E-state index contributed by atoms with van der Waals surface area (Å²) in [4.78, 5) is 10.9. The number of aldehydes is 1. The van der Waals surface area contributed by atoms with Gasteiger partial charge in [-0.15, -0.1) is 0 Å². The summed E-state index contributed by atoms with van der Waals surface area (Å²) in [6.45, 7) is 4.46. The number of fused-ring (bicyclic) bond motifs is 2. The van der Waals surface area contributed by atoms with Gasteiger partial charge >= 0.3 is 0 Å². The van der Waals surface area contributed by atoms with Crippen LogP contribution in [0, 0.1) is 29.6 Å². The topological polar surface area (TPSA) is 17.1 Å². The van der Waals surface area contributed by atoms with Gasteiger partial charge in [0.25, 0.3) is 0 Å². The van der Waals surface area contributed by atoms with E-state index in [0.717, 1.165) is 0 Å². The molecule has 0 unspecified atom stereocenters. The van der Waals surface area contributed by atoms with Crippen LogP contribution in [-0.4, -0.2) is 6.29 Å². The van der Waals surface area contributed by atoms with Gasteiger partial charge in [-0.1, -0.05) is 26.0 Å². The Hall–Kier alpha value is -0.590. The number of carbonyl (C=O) groups excluding carboxylic acids is 1. The highest BCUT2D eigenvalue weighted by Gasteiger charge is 2.45. The van der Waals surface area contributed by atoms with Crippen molar-refractivity contribution in [2.24, 2.45) is 29.6 Å². The van der Waals surface area contributed by atoms with Crippen LogP contribution in [0.25, 0.3) is 0 Å². The molecule has 0 saturated heterocycles. The molecular formula is C11H16O. The van der Waals surface area contributed by atoms with E-state index in [1.807, 2.05) is 0 Å². The predicted molar refractivity (Wildman–Crippen MR) is 48.6 cm³/mol. The maximum absolute atomic E-state index is 10.9. The van der Waals surface area contributed by atoms with Crippen molar-refractivity contribution in [3.05, 3.63) is 12.2 Å². The number of hydrogen-bond donors (Lipinski definition) is 0. The average molecular weight is 164 g/mol. The Morgan fingerprint density at radius 3 is 2.50 bits per heavy atom. The van der Waals surface area contributed by atoms with E-state index in [9.17, 15) is 4.79 Å². The summed E-state index contributed by atoms with van der Waals surface area (Å²) in [5, 5.41) is 0. The highest BCUT2D eigenvalue weighted by molar-refractivity contribution is 5.57. The van der Waals surface area contributed by atoms with Gasteiger partial charge < -0.3 is 4.79 Å². The molecule has 0 spiro atoms. The fraction of sp³-hybridized carbons (Fsp3) is 0.727. The highest BCUT2D eigenvalue weighted by atomic mass is 16.1. The molecule has 2 rings (SSSR count). The molecule has 12 heavy (non-hydrogen) atoms. The van der Waals surface area contributed by atoms with Crippen LogP contribution < -0.4 is 0 Å². The van der Waals surface area contributed by atoms with Crippen molar-refractivity contribution >= 4 is 6.29 Å². The molecule has 1 fully saturated rings. The highest BCUT2D eigenvalue weighted by Crippen LogP contribution is 2.49. The Morgan fingerprint density at radius 1 is 1.33 bits per heavy atom. The van der Waals surface area contributed by atoms with Crippen molar-refractivity contribution in [1.82, 2.24) is 0 Å². The largest absolute Gasteiger partial charge is 0.303 e. The second-order valence-electron chi connectivity index (χ2n) is 4.48. The van der Waals surface area contributed by atoms with E-state index in [-0.39, 0.29) is 0 Å². The quantitative estimate of drug-likeness (QED) is 0.452. The van der Waals surface area contributed by atoms with Crippen LogP contribution in [0.4, 0.5) is 0 Å². The number of rotatable bonds is 2. The van der Waals surface area contributed by atoms with Gasteiger partial charge in [0.05, 0.1) is 0 Å². The summed E-state index contributed by atoms with van der Waals surface area (Å²) >= 11 is 0. The number of allylic oxidation sites excluding steroid dienone is 2. The molecule has 66 valence electrons. The van der Waals surface area contributed by atoms with Gasteiger partial charge in [0.2, 0.25) is 0 Å². The fourth-order valence-corrected chi connectivity index (χ4v) is 3.03. The lowest BCUT2D eigenvalue weighted by Crippen LogP contribution is -2.25. The molecule has 1 heteroatoms. The van der Waals surface area contributed by atoms with Crippen molar-refractivity contribution in [2.45, 2.75) is 20.3 Å². The molecule has 0 radical (unpaired) electrons. The van der Waals surface area contributed by atoms with Crippen LogP contribution in [0.1, 0.15) is 20.3 Å². The van der Waals surface area contributed by atoms with Gasteiger partial charge in [0, 0.05) is 5.92 Å². The summed E-state index contributed by atoms with van der Waals surface area (Å²) in [6, 6.07) is 0. The van der Waals surface area contributed by atoms with Gasteiger partial charge in [0.1, 0.15) is 6.29 Å². The Balaban J connectivity index is 2.22. The van der Waals surface area contributed by atoms with Crippen LogP contribution in [0.15, 0.2) is 12.2 Å². The molecule has 0 aromatic rings. The van der Waals surface area contributed by atoms with Crippen LogP contribution >= 0.6 is 0 Å². The molecule has 0 aliphatic heterocycles. The Bertz CT molecular complexity index is 217. The lowest BCUT2D eigenvalue weighted by molar-refractivity contribution is -0.113. The Kier molecular flexibility index (Phi) is 1.82. The molecule has 0 aromatic heterocycles. The zero-order valence-corrected chi connectivity index (χ0v) is 7.73. The summed E-state index contributed by atoms with van der Waals surface area (Å²) in [6.07, 6.45) is 6.96. The first kappa shape index (κ1) is 8.03. The van der Waals surface area contributed by atoms with E-state index in [1.165, 1.54) is 12.7 Å². The van der Waals surface area contributed by atoms with Crippen molar-refractivity contribution < 1.29 is 4.79 Å². The van der Waals surface area contributed by atoms with E-state index in [0.29, 0.717) is 29.6 Å². The van der Waals surface area contributed by atoms with Gasteiger partial charge in [-0.05, 0) is 30.1 Å². The molecule has 4 atom stereocenters. The van der Waals surface area contributed by atoms with Crippen LogP contribution in [0.3, 0.4) is 0 Å². The molecule has 2 aliphatic rings. The minimum Gasteiger partial charge on any atom is -0.303 e. The third-order valence-corrected chi connectivity index (χ3v) is 3.51. The molecule has 0 heterocycles. The van der Waals surface area contributed by atoms with Crippen molar-refractivity contribution in [1.29, 1.82) is 0 Å². The van der Waals surface area contributed by atoms with Gasteiger partial charge in [-0.25, -0.2) is 0 Å². The summed E-state index contributed by atoms with van der Waals surface area (Å²) in [5.74, 6) is 2.86. The molecular weight excluding hydrogens is 148 g/mol. The van der Waals surface area contributed by atoms with Crippen LogP contribution in [0.2, 0.25) is 0 Å². The first-order valence-corrected chi connectivity index (χ1v) is 4.87. The number of carbonyl (C=O) groups is 1. The molecule has 1 nitrogen and oxygen atoms in total. The maximum atomic E-state index is 10.9. The number of hydrogen-bond acceptors (Lipinski definition) is 1.